The number of carbonyl (C=O) groups excluding carboxylic acids is 1. The van der Waals surface area contributed by atoms with E-state index in [0.717, 1.165) is 36.0 Å². The number of anilines is 1. The van der Waals surface area contributed by atoms with E-state index in [1.54, 1.807) is 6.07 Å². The Kier molecular flexibility index (Phi) is 5.03. The molecule has 1 aliphatic heterocycles. The van der Waals surface area contributed by atoms with Crippen molar-refractivity contribution in [2.75, 3.05) is 11.9 Å². The van der Waals surface area contributed by atoms with Gasteiger partial charge in [-0.05, 0) is 47.4 Å². The van der Waals surface area contributed by atoms with Gasteiger partial charge in [0, 0.05) is 0 Å². The zero-order valence-electron chi connectivity index (χ0n) is 10.0. The van der Waals surface area contributed by atoms with E-state index in [2.05, 4.69) is 26.6 Å². The second-order valence-electron chi connectivity index (χ2n) is 4.45. The first-order valence-electron chi connectivity index (χ1n) is 6.17. The number of rotatable bonds is 2. The number of hydrogen-bond donors (Lipinski definition) is 2. The summed E-state index contributed by atoms with van der Waals surface area (Å²) in [7, 11) is 0. The smallest absolute Gasteiger partial charge is 0.241 e. The molecule has 0 saturated carbocycles. The van der Waals surface area contributed by atoms with Gasteiger partial charge in [-0.15, -0.1) is 0 Å². The molecule has 5 heteroatoms. The number of benzene rings is 1. The highest BCUT2D eigenvalue weighted by atomic mass is 79.9. The van der Waals surface area contributed by atoms with Crippen molar-refractivity contribution in [1.82, 2.24) is 5.32 Å². The Bertz CT molecular complexity index is 431. The predicted octanol–water partition coefficient (Wildman–Crippen LogP) is 3.57. The van der Waals surface area contributed by atoms with E-state index in [1.807, 2.05) is 12.1 Å². The Morgan fingerprint density at radius 1 is 1.39 bits per heavy atom. The van der Waals surface area contributed by atoms with Crippen LogP contribution < -0.4 is 10.6 Å². The first-order chi connectivity index (χ1) is 8.68. The fourth-order valence-electron chi connectivity index (χ4n) is 2.07. The lowest BCUT2D eigenvalue weighted by atomic mass is 10.1. The molecule has 18 heavy (non-hydrogen) atoms. The van der Waals surface area contributed by atoms with E-state index in [4.69, 9.17) is 11.6 Å². The van der Waals surface area contributed by atoms with Gasteiger partial charge in [-0.2, -0.15) is 0 Å². The summed E-state index contributed by atoms with van der Waals surface area (Å²) >= 11 is 9.38. The molecule has 1 aliphatic rings. The van der Waals surface area contributed by atoms with Gasteiger partial charge in [0.2, 0.25) is 5.91 Å². The largest absolute Gasteiger partial charge is 0.324 e. The highest BCUT2D eigenvalue weighted by Gasteiger charge is 2.20. The molecule has 1 fully saturated rings. The van der Waals surface area contributed by atoms with Crippen molar-refractivity contribution in [2.45, 2.75) is 31.7 Å². The molecular weight excluding hydrogens is 316 g/mol. The minimum Gasteiger partial charge on any atom is -0.324 e. The lowest BCUT2D eigenvalue weighted by molar-refractivity contribution is -0.118. The van der Waals surface area contributed by atoms with Crippen molar-refractivity contribution in [1.29, 1.82) is 0 Å². The topological polar surface area (TPSA) is 41.1 Å². The summed E-state index contributed by atoms with van der Waals surface area (Å²) in [5.74, 6) is 0.0138. The van der Waals surface area contributed by atoms with Crippen LogP contribution in [0.25, 0.3) is 0 Å². The Hall–Kier alpha value is -0.580. The highest BCUT2D eigenvalue weighted by molar-refractivity contribution is 9.10. The van der Waals surface area contributed by atoms with Gasteiger partial charge in [0.25, 0.3) is 0 Å². The van der Waals surface area contributed by atoms with Crippen molar-refractivity contribution in [3.8, 4) is 0 Å². The number of amides is 1. The van der Waals surface area contributed by atoms with E-state index in [9.17, 15) is 4.79 Å². The molecule has 1 amide bonds. The van der Waals surface area contributed by atoms with Crippen LogP contribution in [-0.4, -0.2) is 18.5 Å². The molecule has 0 spiro atoms. The quantitative estimate of drug-likeness (QED) is 0.870. The molecule has 2 N–H and O–H groups in total. The van der Waals surface area contributed by atoms with Crippen LogP contribution in [0, 0.1) is 0 Å². The Balaban J connectivity index is 2.03. The molecule has 1 aromatic carbocycles. The molecule has 3 nitrogen and oxygen atoms in total. The van der Waals surface area contributed by atoms with Crippen LogP contribution in [0.4, 0.5) is 5.69 Å². The average Bonchev–Trinajstić information content (AvgIpc) is 2.63. The molecule has 0 bridgehead atoms. The van der Waals surface area contributed by atoms with Gasteiger partial charge < -0.3 is 10.6 Å². The summed E-state index contributed by atoms with van der Waals surface area (Å²) in [5.41, 5.74) is 0.721. The first kappa shape index (κ1) is 13.8. The predicted molar refractivity (Wildman–Crippen MR) is 78.0 cm³/mol. The van der Waals surface area contributed by atoms with E-state index in [1.165, 1.54) is 6.42 Å². The maximum atomic E-state index is 12.1. The molecule has 0 aromatic heterocycles. The molecule has 0 radical (unpaired) electrons. The average molecular weight is 332 g/mol. The van der Waals surface area contributed by atoms with Crippen LogP contribution in [0.3, 0.4) is 0 Å². The lowest BCUT2D eigenvalue weighted by Crippen LogP contribution is -2.39. The molecule has 1 saturated heterocycles. The second-order valence-corrected chi connectivity index (χ2v) is 5.65. The molecule has 0 aliphatic carbocycles. The number of hydrogen-bond acceptors (Lipinski definition) is 2. The molecule has 2 rings (SSSR count). The third-order valence-corrected chi connectivity index (χ3v) is 4.48. The van der Waals surface area contributed by atoms with Crippen LogP contribution in [0.5, 0.6) is 0 Å². The zero-order valence-corrected chi connectivity index (χ0v) is 12.4. The SMILES string of the molecule is O=C(Nc1cccc(Cl)c1Br)C1CCCCCN1. The van der Waals surface area contributed by atoms with E-state index in [-0.39, 0.29) is 11.9 Å². The number of nitrogens with one attached hydrogen (secondary N) is 2. The fourth-order valence-corrected chi connectivity index (χ4v) is 2.61. The summed E-state index contributed by atoms with van der Waals surface area (Å²) in [6.45, 7) is 0.912. The molecule has 1 unspecified atom stereocenters. The zero-order chi connectivity index (χ0) is 13.0. The Morgan fingerprint density at radius 3 is 3.06 bits per heavy atom. The lowest BCUT2D eigenvalue weighted by Gasteiger charge is -2.16. The van der Waals surface area contributed by atoms with Gasteiger partial charge in [0.1, 0.15) is 0 Å². The summed E-state index contributed by atoms with van der Waals surface area (Å²) in [6, 6.07) is 5.34. The van der Waals surface area contributed by atoms with Gasteiger partial charge in [-0.25, -0.2) is 0 Å². The van der Waals surface area contributed by atoms with Gasteiger partial charge in [-0.1, -0.05) is 30.5 Å². The normalized spacial score (nSPS) is 20.2. The minimum atomic E-state index is -0.0987. The van der Waals surface area contributed by atoms with Gasteiger partial charge in [0.15, 0.2) is 0 Å². The maximum absolute atomic E-state index is 12.1. The van der Waals surface area contributed by atoms with E-state index >= 15 is 0 Å². The Labute approximate surface area is 120 Å². The molecule has 98 valence electrons. The summed E-state index contributed by atoms with van der Waals surface area (Å²) in [5, 5.41) is 6.79. The van der Waals surface area contributed by atoms with Crippen LogP contribution >= 0.6 is 27.5 Å². The van der Waals surface area contributed by atoms with Gasteiger partial charge in [-0.3, -0.25) is 4.79 Å². The maximum Gasteiger partial charge on any atom is 0.241 e. The van der Waals surface area contributed by atoms with Crippen LogP contribution in [0.1, 0.15) is 25.7 Å². The summed E-state index contributed by atoms with van der Waals surface area (Å²) < 4.78 is 0.730. The third kappa shape index (κ3) is 3.46. The molecule has 1 heterocycles. The second kappa shape index (κ2) is 6.55. The number of carbonyl (C=O) groups is 1. The number of halogens is 2. The van der Waals surface area contributed by atoms with Crippen molar-refractivity contribution >= 4 is 39.1 Å². The monoisotopic (exact) mass is 330 g/mol. The van der Waals surface area contributed by atoms with Crippen molar-refractivity contribution < 1.29 is 4.79 Å². The summed E-state index contributed by atoms with van der Waals surface area (Å²) in [4.78, 5) is 12.1. The molecular formula is C13H16BrClN2O. The van der Waals surface area contributed by atoms with Crippen molar-refractivity contribution in [2.24, 2.45) is 0 Å². The molecule has 1 aromatic rings. The van der Waals surface area contributed by atoms with Crippen LogP contribution in [-0.2, 0) is 4.79 Å². The Morgan fingerprint density at radius 2 is 2.22 bits per heavy atom. The third-order valence-electron chi connectivity index (χ3n) is 3.09. The standard InChI is InChI=1S/C13H16BrClN2O/c14-12-9(15)5-4-7-10(12)17-13(18)11-6-2-1-3-8-16-11/h4-5,7,11,16H,1-3,6,8H2,(H,17,18). The minimum absolute atomic E-state index is 0.0138. The van der Waals surface area contributed by atoms with Crippen molar-refractivity contribution in [3.05, 3.63) is 27.7 Å². The van der Waals surface area contributed by atoms with Crippen molar-refractivity contribution in [3.63, 3.8) is 0 Å². The fraction of sp³-hybridized carbons (Fsp3) is 0.462. The van der Waals surface area contributed by atoms with Gasteiger partial charge in [0.05, 0.1) is 21.2 Å². The van der Waals surface area contributed by atoms with Gasteiger partial charge >= 0.3 is 0 Å². The van der Waals surface area contributed by atoms with E-state index < -0.39 is 0 Å². The highest BCUT2D eigenvalue weighted by Crippen LogP contribution is 2.30. The summed E-state index contributed by atoms with van der Waals surface area (Å²) in [6.07, 6.45) is 4.33. The van der Waals surface area contributed by atoms with E-state index in [0.29, 0.717) is 5.02 Å². The molecule has 1 atom stereocenters. The van der Waals surface area contributed by atoms with Crippen LogP contribution in [0.15, 0.2) is 22.7 Å². The van der Waals surface area contributed by atoms with Crippen LogP contribution in [0.2, 0.25) is 5.02 Å². The first-order valence-corrected chi connectivity index (χ1v) is 7.34.